The first-order valence-electron chi connectivity index (χ1n) is 4.77. The molecule has 1 aliphatic heterocycles. The van der Waals surface area contributed by atoms with Crippen molar-refractivity contribution in [1.82, 2.24) is 9.80 Å². The average molecular weight is 213 g/mol. The van der Waals surface area contributed by atoms with Crippen LogP contribution in [0.3, 0.4) is 0 Å². The van der Waals surface area contributed by atoms with Gasteiger partial charge in [0, 0.05) is 17.7 Å². The Morgan fingerprint density at radius 1 is 1.79 bits per heavy atom. The molecular formula is C9H15N3OS. The second-order valence-corrected chi connectivity index (χ2v) is 4.64. The molecule has 2 atom stereocenters. The molecule has 0 radical (unpaired) electrons. The van der Waals surface area contributed by atoms with Crippen molar-refractivity contribution in [2.24, 2.45) is 5.84 Å². The predicted molar refractivity (Wildman–Crippen MR) is 55.8 cm³/mol. The van der Waals surface area contributed by atoms with Gasteiger partial charge in [-0.2, -0.15) is 0 Å². The van der Waals surface area contributed by atoms with Gasteiger partial charge >= 0.3 is 0 Å². The van der Waals surface area contributed by atoms with Gasteiger partial charge in [-0.1, -0.05) is 0 Å². The third kappa shape index (κ3) is 1.68. The van der Waals surface area contributed by atoms with Crippen LogP contribution in [-0.4, -0.2) is 16.6 Å². The lowest BCUT2D eigenvalue weighted by Crippen LogP contribution is -2.43. The van der Waals surface area contributed by atoms with E-state index in [2.05, 4.69) is 16.7 Å². The Bertz CT molecular complexity index is 282. The minimum atomic E-state index is -0.179. The van der Waals surface area contributed by atoms with Gasteiger partial charge in [-0.25, -0.2) is 9.80 Å². The number of hydrogen-bond donors (Lipinski definition) is 2. The van der Waals surface area contributed by atoms with E-state index in [4.69, 9.17) is 10.6 Å². The molecule has 1 aromatic rings. The molecule has 2 unspecified atom stereocenters. The molecule has 0 aromatic carbocycles. The summed E-state index contributed by atoms with van der Waals surface area (Å²) in [5, 5.41) is 0. The van der Waals surface area contributed by atoms with Crippen LogP contribution in [0.4, 0.5) is 0 Å². The monoisotopic (exact) mass is 213 g/mol. The standard InChI is InChI=1S/C9H15N3OS/c1-9(4-2-6-13-9)8(12-10)7-3-5-11-14-7/h3,5,8,12H,2,4,6,10H2,1H3. The van der Waals surface area contributed by atoms with E-state index in [0.29, 0.717) is 0 Å². The number of hydrazine groups is 1. The molecule has 5 heteroatoms. The molecule has 0 amide bonds. The maximum Gasteiger partial charge on any atom is 0.0870 e. The molecule has 3 N–H and O–H groups in total. The summed E-state index contributed by atoms with van der Waals surface area (Å²) in [4.78, 5) is 1.14. The SMILES string of the molecule is CC1(C(NN)c2ccns2)CCCO1. The van der Waals surface area contributed by atoms with Crippen molar-refractivity contribution in [2.75, 3.05) is 6.61 Å². The lowest BCUT2D eigenvalue weighted by Gasteiger charge is -2.31. The van der Waals surface area contributed by atoms with Crippen molar-refractivity contribution in [3.8, 4) is 0 Å². The molecule has 78 valence electrons. The van der Waals surface area contributed by atoms with E-state index in [9.17, 15) is 0 Å². The second kappa shape index (κ2) is 3.94. The summed E-state index contributed by atoms with van der Waals surface area (Å²) in [6.45, 7) is 2.93. The molecule has 14 heavy (non-hydrogen) atoms. The topological polar surface area (TPSA) is 60.2 Å². The van der Waals surface area contributed by atoms with Crippen molar-refractivity contribution < 1.29 is 4.74 Å². The van der Waals surface area contributed by atoms with E-state index in [-0.39, 0.29) is 11.6 Å². The van der Waals surface area contributed by atoms with E-state index in [1.165, 1.54) is 11.5 Å². The molecule has 0 saturated carbocycles. The number of nitrogens with zero attached hydrogens (tertiary/aromatic N) is 1. The summed E-state index contributed by atoms with van der Waals surface area (Å²) in [6, 6.07) is 2.04. The van der Waals surface area contributed by atoms with E-state index < -0.39 is 0 Å². The molecular weight excluding hydrogens is 198 g/mol. The van der Waals surface area contributed by atoms with E-state index in [0.717, 1.165) is 24.3 Å². The summed E-state index contributed by atoms with van der Waals surface area (Å²) in [7, 11) is 0. The fourth-order valence-electron chi connectivity index (χ4n) is 1.96. The van der Waals surface area contributed by atoms with Gasteiger partial charge in [-0.15, -0.1) is 0 Å². The Balaban J connectivity index is 2.20. The van der Waals surface area contributed by atoms with Gasteiger partial charge < -0.3 is 4.74 Å². The van der Waals surface area contributed by atoms with Gasteiger partial charge in [0.2, 0.25) is 0 Å². The Morgan fingerprint density at radius 2 is 2.64 bits per heavy atom. The molecule has 1 fully saturated rings. The maximum absolute atomic E-state index is 5.75. The Morgan fingerprint density at radius 3 is 3.14 bits per heavy atom. The first kappa shape index (κ1) is 10.0. The molecule has 4 nitrogen and oxygen atoms in total. The van der Waals surface area contributed by atoms with Crippen LogP contribution in [0.25, 0.3) is 0 Å². The van der Waals surface area contributed by atoms with Crippen LogP contribution in [0.2, 0.25) is 0 Å². The molecule has 1 aliphatic rings. The molecule has 0 aliphatic carbocycles. The zero-order chi connectivity index (χ0) is 10.0. The van der Waals surface area contributed by atoms with Crippen molar-refractivity contribution in [2.45, 2.75) is 31.4 Å². The van der Waals surface area contributed by atoms with Crippen molar-refractivity contribution in [1.29, 1.82) is 0 Å². The summed E-state index contributed by atoms with van der Waals surface area (Å²) in [5.74, 6) is 5.58. The van der Waals surface area contributed by atoms with Crippen LogP contribution in [0, 0.1) is 0 Å². The van der Waals surface area contributed by atoms with Crippen LogP contribution in [-0.2, 0) is 4.74 Å². The highest BCUT2D eigenvalue weighted by Gasteiger charge is 2.39. The van der Waals surface area contributed by atoms with Crippen LogP contribution >= 0.6 is 11.5 Å². The minimum Gasteiger partial charge on any atom is -0.373 e. The maximum atomic E-state index is 5.75. The molecule has 2 heterocycles. The van der Waals surface area contributed by atoms with E-state index in [1.54, 1.807) is 6.20 Å². The zero-order valence-corrected chi connectivity index (χ0v) is 9.01. The predicted octanol–water partition coefficient (Wildman–Crippen LogP) is 1.22. The van der Waals surface area contributed by atoms with Gasteiger partial charge in [0.05, 0.1) is 11.6 Å². The molecule has 0 spiro atoms. The van der Waals surface area contributed by atoms with Crippen molar-refractivity contribution in [3.05, 3.63) is 17.1 Å². The van der Waals surface area contributed by atoms with Gasteiger partial charge in [-0.05, 0) is 37.4 Å². The van der Waals surface area contributed by atoms with Crippen molar-refractivity contribution in [3.63, 3.8) is 0 Å². The van der Waals surface area contributed by atoms with Gasteiger partial charge in [0.15, 0.2) is 0 Å². The Hall–Kier alpha value is -0.490. The number of rotatable bonds is 3. The van der Waals surface area contributed by atoms with Crippen LogP contribution in [0.1, 0.15) is 30.7 Å². The molecule has 2 rings (SSSR count). The summed E-state index contributed by atoms with van der Waals surface area (Å²) < 4.78 is 9.84. The fraction of sp³-hybridized carbons (Fsp3) is 0.667. The third-order valence-corrected chi connectivity index (χ3v) is 3.58. The normalized spacial score (nSPS) is 29.3. The number of ether oxygens (including phenoxy) is 1. The number of nitrogens with one attached hydrogen (secondary N) is 1. The third-order valence-electron chi connectivity index (χ3n) is 2.77. The number of aromatic nitrogens is 1. The van der Waals surface area contributed by atoms with Crippen LogP contribution in [0.15, 0.2) is 12.3 Å². The van der Waals surface area contributed by atoms with E-state index >= 15 is 0 Å². The van der Waals surface area contributed by atoms with Gasteiger partial charge in [0.25, 0.3) is 0 Å². The molecule has 1 saturated heterocycles. The summed E-state index contributed by atoms with van der Waals surface area (Å²) in [6.07, 6.45) is 3.94. The van der Waals surface area contributed by atoms with Gasteiger partial charge in [-0.3, -0.25) is 5.84 Å². The van der Waals surface area contributed by atoms with Crippen molar-refractivity contribution >= 4 is 11.5 Å². The second-order valence-electron chi connectivity index (χ2n) is 3.78. The first-order valence-corrected chi connectivity index (χ1v) is 5.54. The highest BCUT2D eigenvalue weighted by atomic mass is 32.1. The zero-order valence-electron chi connectivity index (χ0n) is 8.19. The lowest BCUT2D eigenvalue weighted by molar-refractivity contribution is -0.0115. The van der Waals surface area contributed by atoms with Crippen LogP contribution < -0.4 is 11.3 Å². The van der Waals surface area contributed by atoms with E-state index in [1.807, 2.05) is 6.07 Å². The quantitative estimate of drug-likeness (QED) is 0.585. The first-order chi connectivity index (χ1) is 6.76. The van der Waals surface area contributed by atoms with Crippen LogP contribution in [0.5, 0.6) is 0 Å². The minimum absolute atomic E-state index is 0.0532. The number of nitrogens with two attached hydrogens (primary N) is 1. The number of hydrogen-bond acceptors (Lipinski definition) is 5. The Kier molecular flexibility index (Phi) is 2.83. The average Bonchev–Trinajstić information content (AvgIpc) is 2.78. The highest BCUT2D eigenvalue weighted by molar-refractivity contribution is 7.05. The smallest absolute Gasteiger partial charge is 0.0870 e. The summed E-state index contributed by atoms with van der Waals surface area (Å²) >= 11 is 1.47. The lowest BCUT2D eigenvalue weighted by atomic mass is 9.92. The molecule has 1 aromatic heterocycles. The molecule has 0 bridgehead atoms. The largest absolute Gasteiger partial charge is 0.373 e. The Labute approximate surface area is 87.6 Å². The summed E-state index contributed by atoms with van der Waals surface area (Å²) in [5.41, 5.74) is 2.65. The van der Waals surface area contributed by atoms with Gasteiger partial charge in [0.1, 0.15) is 0 Å². The highest BCUT2D eigenvalue weighted by Crippen LogP contribution is 2.37. The fourth-order valence-corrected chi connectivity index (χ4v) is 2.75.